The molecule has 1 saturated heterocycles. The molecule has 21 heavy (non-hydrogen) atoms. The molecule has 0 spiro atoms. The first-order valence-electron chi connectivity index (χ1n) is 6.85. The Balaban J connectivity index is 2.27. The fourth-order valence-corrected chi connectivity index (χ4v) is 2.87. The minimum Gasteiger partial charge on any atom is -0.334 e. The summed E-state index contributed by atoms with van der Waals surface area (Å²) in [6.07, 6.45) is 3.65. The van der Waals surface area contributed by atoms with Crippen molar-refractivity contribution in [1.82, 2.24) is 4.90 Å². The van der Waals surface area contributed by atoms with Gasteiger partial charge in [-0.05, 0) is 18.9 Å². The molecule has 1 aliphatic heterocycles. The van der Waals surface area contributed by atoms with Crippen molar-refractivity contribution >= 4 is 23.2 Å². The first-order chi connectivity index (χ1) is 10.0. The summed E-state index contributed by atoms with van der Waals surface area (Å²) in [5.41, 5.74) is -0.508. The molecule has 0 radical (unpaired) electrons. The van der Waals surface area contributed by atoms with Crippen LogP contribution in [-0.4, -0.2) is 34.2 Å². The zero-order valence-electron chi connectivity index (χ0n) is 11.4. The highest BCUT2D eigenvalue weighted by Gasteiger charge is 2.28. The Kier molecular flexibility index (Phi) is 5.12. The summed E-state index contributed by atoms with van der Waals surface area (Å²) in [4.78, 5) is 24.0. The number of benzene rings is 1. The maximum atomic E-state index is 14.0. The summed E-state index contributed by atoms with van der Waals surface area (Å²) in [6, 6.07) is 2.98. The van der Waals surface area contributed by atoms with Crippen LogP contribution in [-0.2, 0) is 0 Å². The van der Waals surface area contributed by atoms with Gasteiger partial charge >= 0.3 is 0 Å². The van der Waals surface area contributed by atoms with Crippen LogP contribution in [0.4, 0.5) is 10.1 Å². The van der Waals surface area contributed by atoms with Crippen molar-refractivity contribution in [3.8, 4) is 0 Å². The van der Waals surface area contributed by atoms with E-state index in [1.165, 1.54) is 6.07 Å². The zero-order valence-corrected chi connectivity index (χ0v) is 12.2. The molecule has 2 rings (SSSR count). The number of halogens is 2. The highest BCUT2D eigenvalue weighted by Crippen LogP contribution is 2.23. The lowest BCUT2D eigenvalue weighted by Gasteiger charge is -2.28. The summed E-state index contributed by atoms with van der Waals surface area (Å²) in [5.74, 6) is -1.01. The molecule has 114 valence electrons. The lowest BCUT2D eigenvalue weighted by molar-refractivity contribution is -0.385. The summed E-state index contributed by atoms with van der Waals surface area (Å²) in [5, 5.41) is 10.6. The van der Waals surface area contributed by atoms with Gasteiger partial charge in [0.2, 0.25) is 0 Å². The number of alkyl halides is 1. The Bertz CT molecular complexity index is 553. The predicted molar refractivity (Wildman–Crippen MR) is 77.1 cm³/mol. The van der Waals surface area contributed by atoms with Gasteiger partial charge in [-0.2, -0.15) is 0 Å². The zero-order chi connectivity index (χ0) is 15.4. The maximum absolute atomic E-state index is 14.0. The highest BCUT2D eigenvalue weighted by atomic mass is 35.5. The van der Waals surface area contributed by atoms with Gasteiger partial charge in [0.1, 0.15) is 5.82 Å². The van der Waals surface area contributed by atoms with Crippen molar-refractivity contribution < 1.29 is 14.1 Å². The van der Waals surface area contributed by atoms with Gasteiger partial charge in [0.15, 0.2) is 0 Å². The van der Waals surface area contributed by atoms with E-state index in [0.29, 0.717) is 12.4 Å². The van der Waals surface area contributed by atoms with Crippen molar-refractivity contribution in [1.29, 1.82) is 0 Å². The van der Waals surface area contributed by atoms with Crippen LogP contribution in [0, 0.1) is 15.9 Å². The van der Waals surface area contributed by atoms with Crippen LogP contribution in [0.2, 0.25) is 0 Å². The monoisotopic (exact) mass is 314 g/mol. The minimum absolute atomic E-state index is 0.115. The molecule has 1 heterocycles. The number of rotatable bonds is 3. The first kappa shape index (κ1) is 15.7. The first-order valence-corrected chi connectivity index (χ1v) is 7.39. The van der Waals surface area contributed by atoms with Crippen molar-refractivity contribution in [2.45, 2.75) is 31.7 Å². The van der Waals surface area contributed by atoms with Gasteiger partial charge in [0.05, 0.1) is 16.6 Å². The van der Waals surface area contributed by atoms with E-state index in [0.717, 1.165) is 37.8 Å². The standard InChI is InChI=1S/C14H16ClFN2O3/c15-9-11-4-2-1-3-7-17(11)14(19)12-6-5-10(18(20)21)8-13(12)16/h5-6,8,11H,1-4,7,9H2. The van der Waals surface area contributed by atoms with Gasteiger partial charge in [0, 0.05) is 24.5 Å². The fraction of sp³-hybridized carbons (Fsp3) is 0.500. The molecule has 1 aromatic rings. The van der Waals surface area contributed by atoms with Gasteiger partial charge in [-0.3, -0.25) is 14.9 Å². The molecule has 1 unspecified atom stereocenters. The normalized spacial score (nSPS) is 19.1. The fourth-order valence-electron chi connectivity index (χ4n) is 2.55. The summed E-state index contributed by atoms with van der Waals surface area (Å²) < 4.78 is 14.0. The van der Waals surface area contributed by atoms with Gasteiger partial charge in [-0.1, -0.05) is 12.8 Å². The van der Waals surface area contributed by atoms with Crippen LogP contribution in [0.3, 0.4) is 0 Å². The second-order valence-corrected chi connectivity index (χ2v) is 5.39. The Hall–Kier alpha value is -1.69. The second-order valence-electron chi connectivity index (χ2n) is 5.08. The lowest BCUT2D eigenvalue weighted by atomic mass is 10.1. The third kappa shape index (κ3) is 3.50. The number of nitro groups is 1. The molecule has 1 aliphatic rings. The van der Waals surface area contributed by atoms with Crippen LogP contribution in [0.15, 0.2) is 18.2 Å². The Morgan fingerprint density at radius 2 is 2.19 bits per heavy atom. The number of nitro benzene ring substituents is 1. The average molecular weight is 315 g/mol. The Labute approximate surface area is 126 Å². The summed E-state index contributed by atoms with van der Waals surface area (Å²) in [6.45, 7) is 0.534. The maximum Gasteiger partial charge on any atom is 0.272 e. The van der Waals surface area contributed by atoms with Crippen LogP contribution in [0.5, 0.6) is 0 Å². The van der Waals surface area contributed by atoms with E-state index in [9.17, 15) is 19.3 Å². The van der Waals surface area contributed by atoms with Gasteiger partial charge in [0.25, 0.3) is 11.6 Å². The third-order valence-electron chi connectivity index (χ3n) is 3.71. The van der Waals surface area contributed by atoms with Crippen LogP contribution >= 0.6 is 11.6 Å². The number of carbonyl (C=O) groups excluding carboxylic acids is 1. The number of amides is 1. The van der Waals surface area contributed by atoms with Crippen molar-refractivity contribution in [2.24, 2.45) is 0 Å². The van der Waals surface area contributed by atoms with Gasteiger partial charge < -0.3 is 4.90 Å². The van der Waals surface area contributed by atoms with E-state index in [2.05, 4.69) is 0 Å². The van der Waals surface area contributed by atoms with E-state index in [1.807, 2.05) is 0 Å². The summed E-state index contributed by atoms with van der Waals surface area (Å²) in [7, 11) is 0. The van der Waals surface area contributed by atoms with E-state index in [4.69, 9.17) is 11.6 Å². The van der Waals surface area contributed by atoms with Crippen LogP contribution in [0.1, 0.15) is 36.0 Å². The van der Waals surface area contributed by atoms with Crippen LogP contribution in [0.25, 0.3) is 0 Å². The van der Waals surface area contributed by atoms with E-state index in [-0.39, 0.29) is 17.3 Å². The van der Waals surface area contributed by atoms with Crippen LogP contribution < -0.4 is 0 Å². The molecule has 0 bridgehead atoms. The van der Waals surface area contributed by atoms with Crippen molar-refractivity contribution in [2.75, 3.05) is 12.4 Å². The molecule has 7 heteroatoms. The number of carbonyl (C=O) groups is 1. The molecular weight excluding hydrogens is 299 g/mol. The van der Waals surface area contributed by atoms with Gasteiger partial charge in [-0.25, -0.2) is 4.39 Å². The predicted octanol–water partition coefficient (Wildman–Crippen LogP) is 3.36. The molecule has 0 aromatic heterocycles. The molecule has 1 amide bonds. The molecular formula is C14H16ClFN2O3. The third-order valence-corrected chi connectivity index (χ3v) is 4.07. The summed E-state index contributed by atoms with van der Waals surface area (Å²) >= 11 is 5.91. The number of likely N-dealkylation sites (tertiary alicyclic amines) is 1. The number of non-ortho nitro benzene ring substituents is 1. The van der Waals surface area contributed by atoms with Crippen molar-refractivity contribution in [3.63, 3.8) is 0 Å². The molecule has 1 fully saturated rings. The average Bonchev–Trinajstić information content (AvgIpc) is 2.71. The molecule has 1 aromatic carbocycles. The highest BCUT2D eigenvalue weighted by molar-refractivity contribution is 6.18. The van der Waals surface area contributed by atoms with Gasteiger partial charge in [-0.15, -0.1) is 11.6 Å². The topological polar surface area (TPSA) is 63.4 Å². The Morgan fingerprint density at radius 1 is 1.43 bits per heavy atom. The minimum atomic E-state index is -0.869. The SMILES string of the molecule is O=C(c1ccc([N+](=O)[O-])cc1F)N1CCCCCC1CCl. The molecule has 0 saturated carbocycles. The number of hydrogen-bond donors (Lipinski definition) is 0. The lowest BCUT2D eigenvalue weighted by Crippen LogP contribution is -2.41. The largest absolute Gasteiger partial charge is 0.334 e. The van der Waals surface area contributed by atoms with E-state index >= 15 is 0 Å². The molecule has 1 atom stereocenters. The van der Waals surface area contributed by atoms with E-state index in [1.54, 1.807) is 4.90 Å². The molecule has 5 nitrogen and oxygen atoms in total. The quantitative estimate of drug-likeness (QED) is 0.488. The van der Waals surface area contributed by atoms with E-state index < -0.39 is 16.6 Å². The number of hydrogen-bond acceptors (Lipinski definition) is 3. The molecule has 0 aliphatic carbocycles. The second kappa shape index (κ2) is 6.85. The molecule has 0 N–H and O–H groups in total. The van der Waals surface area contributed by atoms with Crippen molar-refractivity contribution in [3.05, 3.63) is 39.7 Å². The Morgan fingerprint density at radius 3 is 2.81 bits per heavy atom. The smallest absolute Gasteiger partial charge is 0.272 e. The number of nitrogens with zero attached hydrogens (tertiary/aromatic N) is 2.